The van der Waals surface area contributed by atoms with E-state index in [0.717, 1.165) is 12.1 Å². The number of nitrogens with zero attached hydrogens (tertiary/aromatic N) is 1. The Hall–Kier alpha value is -3.14. The largest absolute Gasteiger partial charge is 0.483 e. The van der Waals surface area contributed by atoms with Gasteiger partial charge in [0.1, 0.15) is 23.8 Å². The summed E-state index contributed by atoms with van der Waals surface area (Å²) in [6, 6.07) is 6.51. The van der Waals surface area contributed by atoms with Gasteiger partial charge < -0.3 is 19.9 Å². The Labute approximate surface area is 163 Å². The lowest BCUT2D eigenvalue weighted by molar-refractivity contribution is -0.136. The summed E-state index contributed by atoms with van der Waals surface area (Å²) in [5.41, 5.74) is 4.45. The van der Waals surface area contributed by atoms with Crippen molar-refractivity contribution < 1.29 is 27.1 Å². The highest BCUT2D eigenvalue weighted by molar-refractivity contribution is 6.07. The highest BCUT2D eigenvalue weighted by Crippen LogP contribution is 2.38. The molecule has 0 aliphatic rings. The number of hydrogen-bond donors (Lipinski definition) is 3. The average Bonchev–Trinajstić information content (AvgIpc) is 3.28. The number of fused-ring (bicyclic) bond motifs is 1. The zero-order valence-corrected chi connectivity index (χ0v) is 15.3. The minimum Gasteiger partial charge on any atom is -0.483 e. The normalized spacial score (nSPS) is 11.9. The Morgan fingerprint density at radius 1 is 1.36 bits per heavy atom. The zero-order valence-electron chi connectivity index (χ0n) is 14.5. The fourth-order valence-electron chi connectivity index (χ4n) is 2.47. The Morgan fingerprint density at radius 2 is 2.11 bits per heavy atom. The monoisotopic (exact) mass is 416 g/mol. The second kappa shape index (κ2) is 8.26. The van der Waals surface area contributed by atoms with E-state index < -0.39 is 17.6 Å². The molecule has 0 saturated carbocycles. The molecule has 0 saturated heterocycles. The molecule has 0 radical (unpaired) electrons. The molecule has 0 atom stereocenters. The summed E-state index contributed by atoms with van der Waals surface area (Å²) in [5.74, 6) is -0.242. The van der Waals surface area contributed by atoms with E-state index in [0.29, 0.717) is 5.76 Å². The Kier molecular flexibility index (Phi) is 6.24. The van der Waals surface area contributed by atoms with E-state index in [9.17, 15) is 18.0 Å². The molecule has 3 aromatic rings. The van der Waals surface area contributed by atoms with Crippen LogP contribution in [-0.2, 0) is 12.8 Å². The van der Waals surface area contributed by atoms with Crippen molar-refractivity contribution in [1.29, 1.82) is 0 Å². The van der Waals surface area contributed by atoms with E-state index in [-0.39, 0.29) is 47.3 Å². The molecule has 1 amide bonds. The van der Waals surface area contributed by atoms with Crippen molar-refractivity contribution in [3.05, 3.63) is 53.6 Å². The van der Waals surface area contributed by atoms with Gasteiger partial charge in [0.05, 0.1) is 17.3 Å². The summed E-state index contributed by atoms with van der Waals surface area (Å²) in [7, 11) is 1.36. The number of benzene rings is 1. The third-order valence-electron chi connectivity index (χ3n) is 3.74. The Morgan fingerprint density at radius 3 is 2.71 bits per heavy atom. The maximum absolute atomic E-state index is 13.3. The molecule has 2 heterocycles. The molecule has 2 aromatic heterocycles. The predicted molar refractivity (Wildman–Crippen MR) is 98.6 cm³/mol. The molecule has 1 aromatic carbocycles. The van der Waals surface area contributed by atoms with Crippen LogP contribution in [0, 0.1) is 0 Å². The number of rotatable bonds is 4. The van der Waals surface area contributed by atoms with Crippen molar-refractivity contribution in [3.8, 4) is 5.75 Å². The molecule has 0 unspecified atom stereocenters. The first-order chi connectivity index (χ1) is 12.8. The fourth-order valence-corrected chi connectivity index (χ4v) is 2.47. The quantitative estimate of drug-likeness (QED) is 0.447. The summed E-state index contributed by atoms with van der Waals surface area (Å²) in [5, 5.41) is 2.06. The van der Waals surface area contributed by atoms with Crippen LogP contribution in [0.4, 0.5) is 13.2 Å². The number of aromatic amines is 1. The maximum Gasteiger partial charge on any atom is 0.417 e. The van der Waals surface area contributed by atoms with Crippen LogP contribution in [0.15, 0.2) is 46.0 Å². The van der Waals surface area contributed by atoms with Gasteiger partial charge in [-0.05, 0) is 30.3 Å². The number of alkyl halides is 3. The highest BCUT2D eigenvalue weighted by Gasteiger charge is 2.34. The van der Waals surface area contributed by atoms with Crippen molar-refractivity contribution in [2.24, 2.45) is 10.7 Å². The number of ether oxygens (including phenoxy) is 1. The lowest BCUT2D eigenvalue weighted by Crippen LogP contribution is -2.36. The standard InChI is InChI=1S/C17H15F3N4O3.ClH/c1-22-16(21)24-15(25)12-7-10-11(17(18,19)20)4-5-13(14(10)23-12)27-8-9-3-2-6-26-9;/h2-7,23H,8H2,1H3,(H3,21,22,24,25);1H. The number of furan rings is 1. The SMILES string of the molecule is CN=C(N)NC(=O)c1cc2c(C(F)(F)F)ccc(OCc3ccco3)c2[nH]1.Cl. The van der Waals surface area contributed by atoms with Gasteiger partial charge in [0.15, 0.2) is 5.96 Å². The smallest absolute Gasteiger partial charge is 0.417 e. The van der Waals surface area contributed by atoms with E-state index in [1.165, 1.54) is 19.4 Å². The molecule has 0 fully saturated rings. The number of amides is 1. The predicted octanol–water partition coefficient (Wildman–Crippen LogP) is 3.45. The molecule has 11 heteroatoms. The van der Waals surface area contributed by atoms with Crippen LogP contribution in [-0.4, -0.2) is 23.9 Å². The van der Waals surface area contributed by atoms with Crippen LogP contribution < -0.4 is 15.8 Å². The number of nitrogens with one attached hydrogen (secondary N) is 2. The number of H-pyrrole nitrogens is 1. The zero-order chi connectivity index (χ0) is 19.6. The summed E-state index contributed by atoms with van der Waals surface area (Å²) < 4.78 is 50.7. The summed E-state index contributed by atoms with van der Waals surface area (Å²) >= 11 is 0. The lowest BCUT2D eigenvalue weighted by atomic mass is 10.1. The number of carbonyl (C=O) groups is 1. The molecule has 0 spiro atoms. The van der Waals surface area contributed by atoms with Crippen LogP contribution in [0.5, 0.6) is 5.75 Å². The first kappa shape index (κ1) is 21.2. The van der Waals surface area contributed by atoms with E-state index >= 15 is 0 Å². The average molecular weight is 417 g/mol. The van der Waals surface area contributed by atoms with Crippen LogP contribution in [0.3, 0.4) is 0 Å². The number of halogens is 4. The molecular formula is C17H16ClF3N4O3. The molecule has 7 nitrogen and oxygen atoms in total. The lowest BCUT2D eigenvalue weighted by Gasteiger charge is -2.11. The third-order valence-corrected chi connectivity index (χ3v) is 3.74. The number of aliphatic imine (C=N–C) groups is 1. The summed E-state index contributed by atoms with van der Waals surface area (Å²) in [6.45, 7) is 0.0173. The van der Waals surface area contributed by atoms with Crippen molar-refractivity contribution in [2.75, 3.05) is 7.05 Å². The third kappa shape index (κ3) is 4.39. The fraction of sp³-hybridized carbons (Fsp3) is 0.176. The van der Waals surface area contributed by atoms with Crippen LogP contribution >= 0.6 is 12.4 Å². The summed E-state index contributed by atoms with van der Waals surface area (Å²) in [4.78, 5) is 18.4. The second-order valence-electron chi connectivity index (χ2n) is 5.51. The first-order valence-corrected chi connectivity index (χ1v) is 7.71. The topological polar surface area (TPSA) is 106 Å². The van der Waals surface area contributed by atoms with Gasteiger partial charge in [-0.15, -0.1) is 12.4 Å². The first-order valence-electron chi connectivity index (χ1n) is 7.71. The van der Waals surface area contributed by atoms with E-state index in [2.05, 4.69) is 15.3 Å². The van der Waals surface area contributed by atoms with Gasteiger partial charge in [-0.1, -0.05) is 0 Å². The van der Waals surface area contributed by atoms with E-state index in [1.54, 1.807) is 12.1 Å². The Balaban J connectivity index is 0.00000280. The molecule has 0 aliphatic heterocycles. The molecule has 0 aliphatic carbocycles. The highest BCUT2D eigenvalue weighted by atomic mass is 35.5. The summed E-state index contributed by atoms with van der Waals surface area (Å²) in [6.07, 6.45) is -3.14. The van der Waals surface area contributed by atoms with Gasteiger partial charge in [0, 0.05) is 12.4 Å². The maximum atomic E-state index is 13.3. The van der Waals surface area contributed by atoms with Gasteiger partial charge in [0.2, 0.25) is 0 Å². The van der Waals surface area contributed by atoms with Crippen molar-refractivity contribution in [1.82, 2.24) is 10.3 Å². The van der Waals surface area contributed by atoms with Gasteiger partial charge in [-0.3, -0.25) is 15.1 Å². The van der Waals surface area contributed by atoms with Gasteiger partial charge in [-0.2, -0.15) is 13.2 Å². The molecule has 150 valence electrons. The molecule has 4 N–H and O–H groups in total. The minimum absolute atomic E-state index is 0. The van der Waals surface area contributed by atoms with Crippen molar-refractivity contribution in [3.63, 3.8) is 0 Å². The number of aromatic nitrogens is 1. The number of hydrogen-bond acceptors (Lipinski definition) is 4. The molecular weight excluding hydrogens is 401 g/mol. The van der Waals surface area contributed by atoms with Crippen LogP contribution in [0.25, 0.3) is 10.9 Å². The van der Waals surface area contributed by atoms with Gasteiger partial charge in [0.25, 0.3) is 5.91 Å². The number of guanidine groups is 1. The van der Waals surface area contributed by atoms with E-state index in [4.69, 9.17) is 14.9 Å². The number of carbonyl (C=O) groups excluding carboxylic acids is 1. The van der Waals surface area contributed by atoms with E-state index in [1.807, 2.05) is 0 Å². The molecule has 0 bridgehead atoms. The second-order valence-corrected chi connectivity index (χ2v) is 5.51. The van der Waals surface area contributed by atoms with Crippen molar-refractivity contribution >= 4 is 35.2 Å². The molecule has 3 rings (SSSR count). The van der Waals surface area contributed by atoms with Gasteiger partial charge >= 0.3 is 6.18 Å². The van der Waals surface area contributed by atoms with Crippen LogP contribution in [0.1, 0.15) is 21.8 Å². The molecule has 28 heavy (non-hydrogen) atoms. The van der Waals surface area contributed by atoms with Crippen molar-refractivity contribution in [2.45, 2.75) is 12.8 Å². The minimum atomic E-state index is -4.60. The number of nitrogens with two attached hydrogens (primary N) is 1. The Bertz CT molecular complexity index is 997. The van der Waals surface area contributed by atoms with Gasteiger partial charge in [-0.25, -0.2) is 0 Å². The van der Waals surface area contributed by atoms with Crippen LogP contribution in [0.2, 0.25) is 0 Å².